The van der Waals surface area contributed by atoms with Crippen LogP contribution in [0.1, 0.15) is 6.42 Å². The Labute approximate surface area is 58.7 Å². The van der Waals surface area contributed by atoms with Crippen molar-refractivity contribution < 1.29 is 25.1 Å². The zero-order valence-corrected chi connectivity index (χ0v) is 5.45. The van der Waals surface area contributed by atoms with Crippen LogP contribution in [0.3, 0.4) is 0 Å². The highest BCUT2D eigenvalue weighted by molar-refractivity contribution is 4.48. The van der Waals surface area contributed by atoms with Gasteiger partial charge in [-0.25, -0.2) is 9.99 Å². The van der Waals surface area contributed by atoms with Crippen molar-refractivity contribution >= 4 is 0 Å². The van der Waals surface area contributed by atoms with E-state index >= 15 is 0 Å². The minimum Gasteiger partial charge on any atom is -0.342 e. The predicted molar refractivity (Wildman–Crippen MR) is 29.7 cm³/mol. The summed E-state index contributed by atoms with van der Waals surface area (Å²) in [6.07, 6.45) is -0.272. The summed E-state index contributed by atoms with van der Waals surface area (Å²) in [4.78, 5) is 8.05. The van der Waals surface area contributed by atoms with Gasteiger partial charge < -0.3 is 10.2 Å². The van der Waals surface area contributed by atoms with Gasteiger partial charge >= 0.3 is 5.97 Å². The van der Waals surface area contributed by atoms with E-state index in [0.717, 1.165) is 0 Å². The van der Waals surface area contributed by atoms with Gasteiger partial charge in [0.05, 0.1) is 0 Å². The fourth-order valence-electron chi connectivity index (χ4n) is 0.212. The van der Waals surface area contributed by atoms with E-state index in [2.05, 4.69) is 16.7 Å². The lowest BCUT2D eigenvalue weighted by Gasteiger charge is -2.16. The normalized spacial score (nSPS) is 12.0. The highest BCUT2D eigenvalue weighted by Crippen LogP contribution is 2.05. The Morgan fingerprint density at radius 1 is 1.50 bits per heavy atom. The van der Waals surface area contributed by atoms with Gasteiger partial charge in [-0.2, -0.15) is 4.89 Å². The zero-order chi connectivity index (χ0) is 8.04. The summed E-state index contributed by atoms with van der Waals surface area (Å²) in [6, 6.07) is 0. The largest absolute Gasteiger partial charge is 0.342 e. The van der Waals surface area contributed by atoms with E-state index in [4.69, 9.17) is 10.2 Å². The molecule has 0 aromatic heterocycles. The molecule has 0 aliphatic rings. The third kappa shape index (κ3) is 4.66. The maximum atomic E-state index is 9.72. The fraction of sp³-hybridized carbons (Fsp3) is 0.800. The van der Waals surface area contributed by atoms with Crippen LogP contribution < -0.4 is 0 Å². The third-order valence-electron chi connectivity index (χ3n) is 0.685. The molecule has 5 nitrogen and oxygen atoms in total. The van der Waals surface area contributed by atoms with Gasteiger partial charge in [-0.05, 0) is 6.92 Å². The molecule has 0 bridgehead atoms. The van der Waals surface area contributed by atoms with Crippen LogP contribution in [-0.2, 0) is 14.9 Å². The Morgan fingerprint density at radius 3 is 2.50 bits per heavy atom. The molecule has 60 valence electrons. The molecular weight excluding hydrogens is 140 g/mol. The molecule has 0 saturated carbocycles. The van der Waals surface area contributed by atoms with Crippen molar-refractivity contribution in [1.29, 1.82) is 0 Å². The highest BCUT2D eigenvalue weighted by Gasteiger charge is 2.22. The van der Waals surface area contributed by atoms with Gasteiger partial charge in [-0.3, -0.25) is 0 Å². The SMILES string of the molecule is [CH2]CC(O)(O)OOCC[O]. The average molecular weight is 150 g/mol. The Kier molecular flexibility index (Phi) is 4.50. The minimum absolute atomic E-state index is 0.219. The molecule has 2 N–H and O–H groups in total. The number of hydrogen-bond donors (Lipinski definition) is 2. The lowest BCUT2D eigenvalue weighted by atomic mass is 10.4. The molecule has 0 spiro atoms. The molecule has 2 radical (unpaired) electrons. The lowest BCUT2D eigenvalue weighted by molar-refractivity contribution is -0.487. The Morgan fingerprint density at radius 2 is 2.10 bits per heavy atom. The summed E-state index contributed by atoms with van der Waals surface area (Å²) in [5.74, 6) is -2.38. The van der Waals surface area contributed by atoms with Gasteiger partial charge in [0, 0.05) is 6.42 Å². The Hall–Kier alpha value is -0.200. The first-order chi connectivity index (χ1) is 4.62. The van der Waals surface area contributed by atoms with Crippen LogP contribution in [0.2, 0.25) is 0 Å². The van der Waals surface area contributed by atoms with Gasteiger partial charge in [0.25, 0.3) is 0 Å². The van der Waals surface area contributed by atoms with E-state index in [9.17, 15) is 5.11 Å². The van der Waals surface area contributed by atoms with Crippen molar-refractivity contribution in [3.63, 3.8) is 0 Å². The highest BCUT2D eigenvalue weighted by atomic mass is 17.2. The first-order valence-electron chi connectivity index (χ1n) is 2.75. The lowest BCUT2D eigenvalue weighted by Crippen LogP contribution is -2.31. The summed E-state index contributed by atoms with van der Waals surface area (Å²) in [6.45, 7) is 2.44. The molecule has 0 aliphatic heterocycles. The molecule has 0 amide bonds. The molecule has 0 aromatic carbocycles. The summed E-state index contributed by atoms with van der Waals surface area (Å²) in [7, 11) is 0. The van der Waals surface area contributed by atoms with Crippen molar-refractivity contribution in [2.24, 2.45) is 0 Å². The molecule has 5 heteroatoms. The monoisotopic (exact) mass is 150 g/mol. The molecule has 10 heavy (non-hydrogen) atoms. The number of hydrogen-bond acceptors (Lipinski definition) is 4. The number of aliphatic hydroxyl groups is 2. The summed E-state index contributed by atoms with van der Waals surface area (Å²) in [5.41, 5.74) is 0. The van der Waals surface area contributed by atoms with E-state index in [0.29, 0.717) is 0 Å². The Balaban J connectivity index is 3.28. The molecule has 0 rings (SSSR count). The van der Waals surface area contributed by atoms with E-state index in [1.54, 1.807) is 0 Å². The number of rotatable bonds is 5. The second-order valence-electron chi connectivity index (χ2n) is 1.60. The minimum atomic E-state index is -2.38. The maximum absolute atomic E-state index is 9.72. The quantitative estimate of drug-likeness (QED) is 0.233. The van der Waals surface area contributed by atoms with E-state index in [1.165, 1.54) is 0 Å². The van der Waals surface area contributed by atoms with E-state index in [1.807, 2.05) is 0 Å². The van der Waals surface area contributed by atoms with Crippen LogP contribution in [0.5, 0.6) is 0 Å². The molecule has 0 heterocycles. The molecular formula is C5H10O5. The van der Waals surface area contributed by atoms with Crippen molar-refractivity contribution in [2.45, 2.75) is 12.4 Å². The molecule has 0 aliphatic carbocycles. The van der Waals surface area contributed by atoms with Crippen molar-refractivity contribution in [2.75, 3.05) is 13.2 Å². The second kappa shape index (κ2) is 4.59. The van der Waals surface area contributed by atoms with Crippen LogP contribution in [-0.4, -0.2) is 29.4 Å². The van der Waals surface area contributed by atoms with Gasteiger partial charge in [-0.15, -0.1) is 0 Å². The van der Waals surface area contributed by atoms with Crippen LogP contribution in [0.15, 0.2) is 0 Å². The van der Waals surface area contributed by atoms with Gasteiger partial charge in [0.1, 0.15) is 13.2 Å². The summed E-state index contributed by atoms with van der Waals surface area (Å²) < 4.78 is 0. The molecule has 0 aromatic rings. The van der Waals surface area contributed by atoms with Gasteiger partial charge in [0.2, 0.25) is 0 Å². The third-order valence-corrected chi connectivity index (χ3v) is 0.685. The van der Waals surface area contributed by atoms with E-state index < -0.39 is 12.6 Å². The van der Waals surface area contributed by atoms with Crippen LogP contribution in [0.4, 0.5) is 0 Å². The topological polar surface area (TPSA) is 78.8 Å². The van der Waals surface area contributed by atoms with Crippen LogP contribution >= 0.6 is 0 Å². The zero-order valence-electron chi connectivity index (χ0n) is 5.45. The fourth-order valence-corrected chi connectivity index (χ4v) is 0.212. The first-order valence-corrected chi connectivity index (χ1v) is 2.75. The predicted octanol–water partition coefficient (Wildman–Crippen LogP) is -0.772. The standard InChI is InChI=1S/C5H10O5/c1-2-5(7,8)10-9-4-3-6/h7-8H,1-4H2. The molecule has 0 saturated heterocycles. The van der Waals surface area contributed by atoms with Crippen LogP contribution in [0, 0.1) is 6.92 Å². The molecule has 0 unspecified atom stereocenters. The van der Waals surface area contributed by atoms with E-state index in [-0.39, 0.29) is 13.0 Å². The first kappa shape index (κ1) is 9.80. The van der Waals surface area contributed by atoms with Crippen molar-refractivity contribution in [3.05, 3.63) is 6.92 Å². The van der Waals surface area contributed by atoms with Gasteiger partial charge in [-0.1, -0.05) is 0 Å². The summed E-state index contributed by atoms with van der Waals surface area (Å²) >= 11 is 0. The van der Waals surface area contributed by atoms with Crippen LogP contribution in [0.25, 0.3) is 0 Å². The van der Waals surface area contributed by atoms with Crippen molar-refractivity contribution in [3.8, 4) is 0 Å². The molecule has 0 atom stereocenters. The average Bonchev–Trinajstić information content (AvgIpc) is 1.89. The van der Waals surface area contributed by atoms with Gasteiger partial charge in [0.15, 0.2) is 0 Å². The smallest absolute Gasteiger partial charge is 0.307 e. The molecule has 0 fully saturated rings. The summed E-state index contributed by atoms with van der Waals surface area (Å²) in [5, 5.41) is 26.9. The van der Waals surface area contributed by atoms with Crippen molar-refractivity contribution in [1.82, 2.24) is 0 Å². The maximum Gasteiger partial charge on any atom is 0.307 e. The Bertz CT molecular complexity index is 82.1. The second-order valence-corrected chi connectivity index (χ2v) is 1.60.